The van der Waals surface area contributed by atoms with E-state index in [-0.39, 0.29) is 17.8 Å². The number of carbonyl (C=O) groups excluding carboxylic acids is 1. The van der Waals surface area contributed by atoms with E-state index in [1.165, 1.54) is 17.4 Å². The molecule has 6 heteroatoms. The molecule has 0 bridgehead atoms. The molecule has 0 spiro atoms. The van der Waals surface area contributed by atoms with Crippen molar-refractivity contribution < 1.29 is 9.18 Å². The van der Waals surface area contributed by atoms with Crippen molar-refractivity contribution >= 4 is 33.1 Å². The fourth-order valence-corrected chi connectivity index (χ4v) is 3.59. The highest BCUT2D eigenvalue weighted by atomic mass is 32.1. The summed E-state index contributed by atoms with van der Waals surface area (Å²) < 4.78 is 16.4. The Morgan fingerprint density at radius 3 is 2.82 bits per heavy atom. The summed E-state index contributed by atoms with van der Waals surface area (Å²) in [6.07, 6.45) is 1.65. The summed E-state index contributed by atoms with van der Waals surface area (Å²) >= 11 is 1.30. The van der Waals surface area contributed by atoms with Gasteiger partial charge in [0.05, 0.1) is 11.1 Å². The number of rotatable bonds is 3. The van der Waals surface area contributed by atoms with Crippen molar-refractivity contribution in [2.45, 2.75) is 26.8 Å². The fraction of sp³-hybridized carbons (Fsp3) is 0.250. The highest BCUT2D eigenvalue weighted by molar-refractivity contribution is 7.21. The Bertz CT molecular complexity index is 850. The molecule has 2 aromatic heterocycles. The van der Waals surface area contributed by atoms with Crippen LogP contribution in [0.3, 0.4) is 0 Å². The van der Waals surface area contributed by atoms with Crippen LogP contribution in [-0.2, 0) is 0 Å². The number of anilines is 1. The van der Waals surface area contributed by atoms with E-state index in [0.29, 0.717) is 21.6 Å². The average Bonchev–Trinajstić information content (AvgIpc) is 3.04. The predicted octanol–water partition coefficient (Wildman–Crippen LogP) is 4.38. The van der Waals surface area contributed by atoms with Gasteiger partial charge in [-0.1, -0.05) is 6.07 Å². The smallest absolute Gasteiger partial charge is 0.267 e. The zero-order chi connectivity index (χ0) is 15.9. The van der Waals surface area contributed by atoms with Crippen LogP contribution < -0.4 is 5.32 Å². The van der Waals surface area contributed by atoms with Crippen molar-refractivity contribution in [1.29, 1.82) is 0 Å². The minimum Gasteiger partial charge on any atom is -0.306 e. The molecular weight excluding hydrogens is 301 g/mol. The molecule has 1 N–H and O–H groups in total. The minimum atomic E-state index is -0.294. The van der Waals surface area contributed by atoms with Gasteiger partial charge in [-0.05, 0) is 38.5 Å². The molecule has 0 saturated carbocycles. The molecule has 114 valence electrons. The topological polar surface area (TPSA) is 46.9 Å². The third kappa shape index (κ3) is 2.39. The average molecular weight is 317 g/mol. The molecule has 4 nitrogen and oxygen atoms in total. The summed E-state index contributed by atoms with van der Waals surface area (Å²) in [7, 11) is 0. The lowest BCUT2D eigenvalue weighted by molar-refractivity contribution is 0.102. The van der Waals surface area contributed by atoms with E-state index in [1.807, 2.05) is 19.9 Å². The monoisotopic (exact) mass is 317 g/mol. The van der Waals surface area contributed by atoms with E-state index in [4.69, 9.17) is 0 Å². The van der Waals surface area contributed by atoms with Crippen LogP contribution in [0.4, 0.5) is 10.2 Å². The zero-order valence-electron chi connectivity index (χ0n) is 12.6. The van der Waals surface area contributed by atoms with Crippen molar-refractivity contribution in [2.75, 3.05) is 5.32 Å². The standard InChI is InChI=1S/C16H16FN3OS/c1-9(2)20-13(7-8-18-20)19-16(21)15-10(3)14-11(17)5-4-6-12(14)22-15/h4-9H,1-3H3,(H,19,21). The van der Waals surface area contributed by atoms with Crippen molar-refractivity contribution in [1.82, 2.24) is 9.78 Å². The Morgan fingerprint density at radius 1 is 1.36 bits per heavy atom. The van der Waals surface area contributed by atoms with Gasteiger partial charge in [0.1, 0.15) is 11.6 Å². The molecule has 0 aliphatic rings. The van der Waals surface area contributed by atoms with Gasteiger partial charge in [0.2, 0.25) is 0 Å². The molecule has 0 atom stereocenters. The molecule has 3 rings (SSSR count). The van der Waals surface area contributed by atoms with E-state index in [9.17, 15) is 9.18 Å². The number of fused-ring (bicyclic) bond motifs is 1. The molecule has 0 fully saturated rings. The highest BCUT2D eigenvalue weighted by Gasteiger charge is 2.19. The molecular formula is C16H16FN3OS. The van der Waals surface area contributed by atoms with Gasteiger partial charge in [-0.3, -0.25) is 4.79 Å². The lowest BCUT2D eigenvalue weighted by Gasteiger charge is -2.11. The second kappa shape index (κ2) is 5.53. The molecule has 1 aromatic carbocycles. The van der Waals surface area contributed by atoms with Gasteiger partial charge in [-0.15, -0.1) is 11.3 Å². The molecule has 3 aromatic rings. The van der Waals surface area contributed by atoms with Crippen LogP contribution in [0.2, 0.25) is 0 Å². The number of hydrogen-bond donors (Lipinski definition) is 1. The maximum Gasteiger partial charge on any atom is 0.267 e. The Hall–Kier alpha value is -2.21. The number of amides is 1. The summed E-state index contributed by atoms with van der Waals surface area (Å²) in [5, 5.41) is 7.57. The third-order valence-electron chi connectivity index (χ3n) is 3.51. The molecule has 0 saturated heterocycles. The first-order valence-electron chi connectivity index (χ1n) is 7.01. The van der Waals surface area contributed by atoms with Crippen molar-refractivity contribution in [2.24, 2.45) is 0 Å². The Labute approximate surface area is 131 Å². The Balaban J connectivity index is 1.98. The van der Waals surface area contributed by atoms with Gasteiger partial charge in [0, 0.05) is 22.2 Å². The van der Waals surface area contributed by atoms with Crippen molar-refractivity contribution in [3.63, 3.8) is 0 Å². The van der Waals surface area contributed by atoms with Crippen LogP contribution in [-0.4, -0.2) is 15.7 Å². The lowest BCUT2D eigenvalue weighted by atomic mass is 10.1. The number of nitrogens with zero attached hydrogens (tertiary/aromatic N) is 2. The summed E-state index contributed by atoms with van der Waals surface area (Å²) in [4.78, 5) is 13.0. The quantitative estimate of drug-likeness (QED) is 0.779. The van der Waals surface area contributed by atoms with Crippen molar-refractivity contribution in [3.8, 4) is 0 Å². The third-order valence-corrected chi connectivity index (χ3v) is 4.77. The number of hydrogen-bond acceptors (Lipinski definition) is 3. The van der Waals surface area contributed by atoms with E-state index >= 15 is 0 Å². The number of benzene rings is 1. The molecule has 0 unspecified atom stereocenters. The van der Waals surface area contributed by atoms with Gasteiger partial charge in [-0.2, -0.15) is 5.10 Å². The molecule has 0 aliphatic carbocycles. The number of nitrogens with one attached hydrogen (secondary N) is 1. The second-order valence-corrected chi connectivity index (χ2v) is 6.43. The normalized spacial score (nSPS) is 11.3. The predicted molar refractivity (Wildman–Crippen MR) is 87.1 cm³/mol. The number of thiophene rings is 1. The van der Waals surface area contributed by atoms with Gasteiger partial charge >= 0.3 is 0 Å². The van der Waals surface area contributed by atoms with Crippen LogP contribution in [0.25, 0.3) is 10.1 Å². The first-order chi connectivity index (χ1) is 10.5. The minimum absolute atomic E-state index is 0.145. The summed E-state index contributed by atoms with van der Waals surface area (Å²) in [5.74, 6) is 0.107. The summed E-state index contributed by atoms with van der Waals surface area (Å²) in [6.45, 7) is 5.75. The summed E-state index contributed by atoms with van der Waals surface area (Å²) in [5.41, 5.74) is 0.672. The Morgan fingerprint density at radius 2 is 2.14 bits per heavy atom. The van der Waals surface area contributed by atoms with E-state index in [2.05, 4.69) is 10.4 Å². The molecule has 2 heterocycles. The maximum absolute atomic E-state index is 13.9. The number of halogens is 1. The second-order valence-electron chi connectivity index (χ2n) is 5.38. The molecule has 22 heavy (non-hydrogen) atoms. The van der Waals surface area contributed by atoms with Crippen LogP contribution in [0.15, 0.2) is 30.5 Å². The lowest BCUT2D eigenvalue weighted by Crippen LogP contribution is -2.16. The van der Waals surface area contributed by atoms with Crippen LogP contribution in [0, 0.1) is 12.7 Å². The molecule has 1 amide bonds. The summed E-state index contributed by atoms with van der Waals surface area (Å²) in [6, 6.07) is 6.79. The Kier molecular flexibility index (Phi) is 3.70. The van der Waals surface area contributed by atoms with Crippen LogP contribution in [0.1, 0.15) is 35.1 Å². The first kappa shape index (κ1) is 14.7. The van der Waals surface area contributed by atoms with Crippen LogP contribution >= 0.6 is 11.3 Å². The van der Waals surface area contributed by atoms with E-state index in [1.54, 1.807) is 29.9 Å². The van der Waals surface area contributed by atoms with Crippen LogP contribution in [0.5, 0.6) is 0 Å². The zero-order valence-corrected chi connectivity index (χ0v) is 13.4. The number of carbonyl (C=O) groups is 1. The largest absolute Gasteiger partial charge is 0.306 e. The van der Waals surface area contributed by atoms with Gasteiger partial charge in [-0.25, -0.2) is 9.07 Å². The van der Waals surface area contributed by atoms with Crippen molar-refractivity contribution in [3.05, 3.63) is 46.7 Å². The fourth-order valence-electron chi connectivity index (χ4n) is 2.47. The van der Waals surface area contributed by atoms with E-state index < -0.39 is 0 Å². The number of aromatic nitrogens is 2. The first-order valence-corrected chi connectivity index (χ1v) is 7.83. The van der Waals surface area contributed by atoms with Gasteiger partial charge in [0.15, 0.2) is 0 Å². The molecule has 0 radical (unpaired) electrons. The highest BCUT2D eigenvalue weighted by Crippen LogP contribution is 2.33. The van der Waals surface area contributed by atoms with Gasteiger partial charge in [0.25, 0.3) is 5.91 Å². The number of aryl methyl sites for hydroxylation is 1. The van der Waals surface area contributed by atoms with Gasteiger partial charge < -0.3 is 5.32 Å². The molecule has 0 aliphatic heterocycles. The maximum atomic E-state index is 13.9. The SMILES string of the molecule is Cc1c(C(=O)Nc2ccnn2C(C)C)sc2cccc(F)c12. The van der Waals surface area contributed by atoms with E-state index in [0.717, 1.165) is 4.70 Å².